The van der Waals surface area contributed by atoms with Gasteiger partial charge in [-0.2, -0.15) is 0 Å². The van der Waals surface area contributed by atoms with Crippen molar-refractivity contribution >= 4 is 0 Å². The van der Waals surface area contributed by atoms with Gasteiger partial charge in [0.25, 0.3) is 0 Å². The molecule has 3 nitrogen and oxygen atoms in total. The van der Waals surface area contributed by atoms with E-state index in [1.807, 2.05) is 36.4 Å². The van der Waals surface area contributed by atoms with E-state index in [9.17, 15) is 0 Å². The Bertz CT molecular complexity index is 287. The van der Waals surface area contributed by atoms with Crippen molar-refractivity contribution in [1.82, 2.24) is 5.43 Å². The zero-order valence-corrected chi connectivity index (χ0v) is 9.56. The Hall–Kier alpha value is -1.32. The molecule has 0 aliphatic heterocycles. The maximum Gasteiger partial charge on any atom is 0.119 e. The van der Waals surface area contributed by atoms with Gasteiger partial charge in [-0.3, -0.25) is 11.3 Å². The average molecular weight is 220 g/mol. The number of ether oxygens (including phenoxy) is 1. The Morgan fingerprint density at radius 3 is 2.75 bits per heavy atom. The number of allylic oxidation sites excluding steroid dienone is 1. The van der Waals surface area contributed by atoms with Crippen molar-refractivity contribution in [1.29, 1.82) is 0 Å². The third-order valence-electron chi connectivity index (χ3n) is 2.39. The van der Waals surface area contributed by atoms with Crippen LogP contribution in [0.2, 0.25) is 0 Å². The number of hydrazine groups is 1. The molecule has 0 fully saturated rings. The van der Waals surface area contributed by atoms with E-state index in [0.717, 1.165) is 25.0 Å². The van der Waals surface area contributed by atoms with Crippen LogP contribution in [0.25, 0.3) is 0 Å². The molecule has 0 radical (unpaired) electrons. The fraction of sp³-hybridized carbons (Fsp3) is 0.385. The van der Waals surface area contributed by atoms with Crippen molar-refractivity contribution in [2.24, 2.45) is 5.84 Å². The van der Waals surface area contributed by atoms with E-state index in [1.54, 1.807) is 0 Å². The molecule has 16 heavy (non-hydrogen) atoms. The highest BCUT2D eigenvalue weighted by Crippen LogP contribution is 2.09. The molecule has 3 heteroatoms. The van der Waals surface area contributed by atoms with Gasteiger partial charge in [-0.1, -0.05) is 24.3 Å². The monoisotopic (exact) mass is 220 g/mol. The zero-order valence-electron chi connectivity index (χ0n) is 9.56. The Morgan fingerprint density at radius 1 is 1.38 bits per heavy atom. The molecular formula is C13H20N2O. The van der Waals surface area contributed by atoms with Gasteiger partial charge >= 0.3 is 0 Å². The fourth-order valence-electron chi connectivity index (χ4n) is 1.44. The van der Waals surface area contributed by atoms with Crippen LogP contribution in [0.5, 0.6) is 5.75 Å². The Morgan fingerprint density at radius 2 is 2.12 bits per heavy atom. The summed E-state index contributed by atoms with van der Waals surface area (Å²) in [6.45, 7) is 4.29. The minimum absolute atomic E-state index is 0.195. The van der Waals surface area contributed by atoms with E-state index in [4.69, 9.17) is 10.6 Å². The Kier molecular flexibility index (Phi) is 6.30. The second kappa shape index (κ2) is 7.91. The van der Waals surface area contributed by atoms with E-state index in [-0.39, 0.29) is 6.04 Å². The molecule has 0 heterocycles. The third kappa shape index (κ3) is 4.96. The fourth-order valence-corrected chi connectivity index (χ4v) is 1.44. The molecule has 0 saturated heterocycles. The van der Waals surface area contributed by atoms with Crippen molar-refractivity contribution in [2.45, 2.75) is 25.3 Å². The first-order valence-electron chi connectivity index (χ1n) is 5.61. The summed E-state index contributed by atoms with van der Waals surface area (Å²) in [6, 6.07) is 9.96. The van der Waals surface area contributed by atoms with Crippen LogP contribution >= 0.6 is 0 Å². The van der Waals surface area contributed by atoms with Crippen LogP contribution in [0.3, 0.4) is 0 Å². The van der Waals surface area contributed by atoms with Crippen molar-refractivity contribution in [3.05, 3.63) is 43.0 Å². The smallest absolute Gasteiger partial charge is 0.119 e. The van der Waals surface area contributed by atoms with Gasteiger partial charge in [-0.05, 0) is 31.4 Å². The normalized spacial score (nSPS) is 12.1. The summed E-state index contributed by atoms with van der Waals surface area (Å²) in [5.74, 6) is 6.34. The second-order valence-electron chi connectivity index (χ2n) is 3.71. The maximum atomic E-state index is 5.62. The van der Waals surface area contributed by atoms with Gasteiger partial charge in [0.15, 0.2) is 0 Å². The van der Waals surface area contributed by atoms with Crippen LogP contribution in [0, 0.1) is 0 Å². The molecule has 0 aliphatic carbocycles. The lowest BCUT2D eigenvalue weighted by Gasteiger charge is -2.16. The quantitative estimate of drug-likeness (QED) is 0.306. The minimum atomic E-state index is 0.195. The average Bonchev–Trinajstić information content (AvgIpc) is 2.35. The van der Waals surface area contributed by atoms with Crippen LogP contribution in [0.1, 0.15) is 19.3 Å². The van der Waals surface area contributed by atoms with Gasteiger partial charge in [-0.25, -0.2) is 0 Å². The van der Waals surface area contributed by atoms with Crippen molar-refractivity contribution in [3.8, 4) is 5.75 Å². The summed E-state index contributed by atoms with van der Waals surface area (Å²) in [5, 5.41) is 0. The molecule has 3 N–H and O–H groups in total. The predicted octanol–water partition coefficient (Wildman–Crippen LogP) is 2.25. The first-order chi connectivity index (χ1) is 7.86. The molecule has 1 atom stereocenters. The summed E-state index contributed by atoms with van der Waals surface area (Å²) in [4.78, 5) is 0. The standard InChI is InChI=1S/C13H20N2O/c1-2-3-5-8-12(15-14)11-16-13-9-6-4-7-10-13/h2,4,6-7,9-10,12,15H,1,3,5,8,11,14H2. The molecule has 1 rings (SSSR count). The molecule has 0 amide bonds. The van der Waals surface area contributed by atoms with Crippen LogP contribution in [0.4, 0.5) is 0 Å². The lowest BCUT2D eigenvalue weighted by atomic mass is 10.1. The number of hydrogen-bond donors (Lipinski definition) is 2. The van der Waals surface area contributed by atoms with E-state index in [0.29, 0.717) is 6.61 Å². The first-order valence-corrected chi connectivity index (χ1v) is 5.61. The number of hydrogen-bond acceptors (Lipinski definition) is 3. The van der Waals surface area contributed by atoms with Gasteiger partial charge in [0.2, 0.25) is 0 Å². The highest BCUT2D eigenvalue weighted by atomic mass is 16.5. The largest absolute Gasteiger partial charge is 0.492 e. The highest BCUT2D eigenvalue weighted by Gasteiger charge is 2.06. The van der Waals surface area contributed by atoms with Gasteiger partial charge < -0.3 is 4.74 Å². The predicted molar refractivity (Wildman–Crippen MR) is 67.1 cm³/mol. The lowest BCUT2D eigenvalue weighted by molar-refractivity contribution is 0.256. The molecular weight excluding hydrogens is 200 g/mol. The second-order valence-corrected chi connectivity index (χ2v) is 3.71. The molecule has 1 unspecified atom stereocenters. The maximum absolute atomic E-state index is 5.62. The number of nitrogens with two attached hydrogens (primary N) is 1. The molecule has 0 saturated carbocycles. The molecule has 0 aliphatic rings. The van der Waals surface area contributed by atoms with Crippen molar-refractivity contribution < 1.29 is 4.74 Å². The SMILES string of the molecule is C=CCCCC(COc1ccccc1)NN. The van der Waals surface area contributed by atoms with Crippen LogP contribution in [-0.4, -0.2) is 12.6 Å². The molecule has 1 aromatic carbocycles. The van der Waals surface area contributed by atoms with Crippen LogP contribution < -0.4 is 16.0 Å². The number of benzene rings is 1. The van der Waals surface area contributed by atoms with Gasteiger partial charge in [-0.15, -0.1) is 6.58 Å². The highest BCUT2D eigenvalue weighted by molar-refractivity contribution is 5.20. The number of rotatable bonds is 8. The van der Waals surface area contributed by atoms with Gasteiger partial charge in [0.1, 0.15) is 12.4 Å². The summed E-state index contributed by atoms with van der Waals surface area (Å²) < 4.78 is 5.62. The summed E-state index contributed by atoms with van der Waals surface area (Å²) in [6.07, 6.45) is 5.01. The van der Waals surface area contributed by atoms with Crippen molar-refractivity contribution in [3.63, 3.8) is 0 Å². The number of para-hydroxylation sites is 1. The third-order valence-corrected chi connectivity index (χ3v) is 2.39. The van der Waals surface area contributed by atoms with Crippen LogP contribution in [0.15, 0.2) is 43.0 Å². The molecule has 88 valence electrons. The summed E-state index contributed by atoms with van der Waals surface area (Å²) in [5.41, 5.74) is 2.77. The molecule has 0 aromatic heterocycles. The van der Waals surface area contributed by atoms with Crippen LogP contribution in [-0.2, 0) is 0 Å². The lowest BCUT2D eigenvalue weighted by Crippen LogP contribution is -2.39. The topological polar surface area (TPSA) is 47.3 Å². The summed E-state index contributed by atoms with van der Waals surface area (Å²) >= 11 is 0. The molecule has 1 aromatic rings. The minimum Gasteiger partial charge on any atom is -0.492 e. The van der Waals surface area contributed by atoms with E-state index in [2.05, 4.69) is 12.0 Å². The number of unbranched alkanes of at least 4 members (excludes halogenated alkanes) is 1. The summed E-state index contributed by atoms with van der Waals surface area (Å²) in [7, 11) is 0. The van der Waals surface area contributed by atoms with E-state index in [1.165, 1.54) is 0 Å². The number of nitrogens with one attached hydrogen (secondary N) is 1. The Balaban J connectivity index is 2.25. The van der Waals surface area contributed by atoms with E-state index < -0.39 is 0 Å². The van der Waals surface area contributed by atoms with E-state index >= 15 is 0 Å². The van der Waals surface area contributed by atoms with Gasteiger partial charge in [0, 0.05) is 0 Å². The van der Waals surface area contributed by atoms with Gasteiger partial charge in [0.05, 0.1) is 6.04 Å². The zero-order chi connectivity index (χ0) is 11.6. The first kappa shape index (κ1) is 12.7. The molecule has 0 bridgehead atoms. The Labute approximate surface area is 97.3 Å². The molecule has 0 spiro atoms. The van der Waals surface area contributed by atoms with Crippen molar-refractivity contribution in [2.75, 3.05) is 6.61 Å².